The van der Waals surface area contributed by atoms with E-state index in [1.807, 2.05) is 6.07 Å². The molecule has 0 aliphatic heterocycles. The van der Waals surface area contributed by atoms with Crippen LogP contribution in [0.2, 0.25) is 10.0 Å². The van der Waals surface area contributed by atoms with Crippen molar-refractivity contribution in [3.8, 4) is 11.5 Å². The number of nitrogens with two attached hydrogens (primary N) is 1. The summed E-state index contributed by atoms with van der Waals surface area (Å²) >= 11 is 11.8. The van der Waals surface area contributed by atoms with Gasteiger partial charge in [-0.05, 0) is 24.3 Å². The first-order valence-corrected chi connectivity index (χ1v) is 5.71. The standard InChI is InChI=1S/C12H10Cl2N2O/c13-9-3-10(14)5-11(4-9)17-12-7-16-2-1-8(12)6-15/h1-5,7H,6,15H2. The summed E-state index contributed by atoms with van der Waals surface area (Å²) in [5.74, 6) is 1.17. The topological polar surface area (TPSA) is 48.1 Å². The van der Waals surface area contributed by atoms with Crippen molar-refractivity contribution in [1.29, 1.82) is 0 Å². The van der Waals surface area contributed by atoms with Crippen molar-refractivity contribution in [2.45, 2.75) is 6.54 Å². The maximum Gasteiger partial charge on any atom is 0.150 e. The summed E-state index contributed by atoms with van der Waals surface area (Å²) in [5.41, 5.74) is 6.48. The highest BCUT2D eigenvalue weighted by Gasteiger charge is 2.05. The Morgan fingerprint density at radius 1 is 1.18 bits per heavy atom. The lowest BCUT2D eigenvalue weighted by Gasteiger charge is -2.09. The molecule has 5 heteroatoms. The molecule has 2 N–H and O–H groups in total. The molecule has 1 aromatic carbocycles. The Bertz CT molecular complexity index is 511. The average Bonchev–Trinajstić information content (AvgIpc) is 2.28. The van der Waals surface area contributed by atoms with E-state index in [-0.39, 0.29) is 0 Å². The molecule has 0 aliphatic carbocycles. The van der Waals surface area contributed by atoms with Crippen LogP contribution in [-0.2, 0) is 6.54 Å². The second kappa shape index (κ2) is 5.36. The van der Waals surface area contributed by atoms with Gasteiger partial charge >= 0.3 is 0 Å². The first kappa shape index (κ1) is 12.2. The lowest BCUT2D eigenvalue weighted by atomic mass is 10.2. The number of benzene rings is 1. The summed E-state index contributed by atoms with van der Waals surface area (Å²) in [6.45, 7) is 0.381. The lowest BCUT2D eigenvalue weighted by molar-refractivity contribution is 0.474. The molecular weight excluding hydrogens is 259 g/mol. The average molecular weight is 269 g/mol. The van der Waals surface area contributed by atoms with Gasteiger partial charge in [0.1, 0.15) is 11.5 Å². The molecule has 0 saturated heterocycles. The summed E-state index contributed by atoms with van der Waals surface area (Å²) < 4.78 is 5.65. The van der Waals surface area contributed by atoms with Crippen LogP contribution in [0.25, 0.3) is 0 Å². The maximum atomic E-state index is 5.89. The van der Waals surface area contributed by atoms with Gasteiger partial charge in [-0.2, -0.15) is 0 Å². The summed E-state index contributed by atoms with van der Waals surface area (Å²) in [6.07, 6.45) is 3.27. The number of hydrogen-bond donors (Lipinski definition) is 1. The second-order valence-electron chi connectivity index (χ2n) is 3.39. The van der Waals surface area contributed by atoms with E-state index in [0.29, 0.717) is 28.1 Å². The number of halogens is 2. The Morgan fingerprint density at radius 3 is 2.53 bits per heavy atom. The highest BCUT2D eigenvalue weighted by Crippen LogP contribution is 2.29. The van der Waals surface area contributed by atoms with Gasteiger partial charge in [-0.25, -0.2) is 0 Å². The van der Waals surface area contributed by atoms with E-state index in [1.165, 1.54) is 0 Å². The van der Waals surface area contributed by atoms with Crippen LogP contribution in [-0.4, -0.2) is 4.98 Å². The molecule has 88 valence electrons. The summed E-state index contributed by atoms with van der Waals surface area (Å²) in [5, 5.41) is 1.04. The predicted molar refractivity (Wildman–Crippen MR) is 68.7 cm³/mol. The summed E-state index contributed by atoms with van der Waals surface area (Å²) in [7, 11) is 0. The molecule has 17 heavy (non-hydrogen) atoms. The van der Waals surface area contributed by atoms with Gasteiger partial charge in [0.25, 0.3) is 0 Å². The Balaban J connectivity index is 2.31. The number of pyridine rings is 1. The largest absolute Gasteiger partial charge is 0.455 e. The Morgan fingerprint density at radius 2 is 1.88 bits per heavy atom. The van der Waals surface area contributed by atoms with Gasteiger partial charge in [-0.15, -0.1) is 0 Å². The number of ether oxygens (including phenoxy) is 1. The quantitative estimate of drug-likeness (QED) is 0.925. The Kier molecular flexibility index (Phi) is 3.84. The zero-order chi connectivity index (χ0) is 12.3. The number of nitrogens with zero attached hydrogens (tertiary/aromatic N) is 1. The van der Waals surface area contributed by atoms with Gasteiger partial charge in [0.05, 0.1) is 6.20 Å². The SMILES string of the molecule is NCc1ccncc1Oc1cc(Cl)cc(Cl)c1. The third kappa shape index (κ3) is 3.09. The van der Waals surface area contributed by atoms with E-state index >= 15 is 0 Å². The van der Waals surface area contributed by atoms with Crippen LogP contribution in [0.3, 0.4) is 0 Å². The minimum Gasteiger partial charge on any atom is -0.455 e. The molecule has 1 heterocycles. The van der Waals surface area contributed by atoms with Crippen molar-refractivity contribution in [2.24, 2.45) is 5.73 Å². The van der Waals surface area contributed by atoms with E-state index in [0.717, 1.165) is 5.56 Å². The molecule has 0 bridgehead atoms. The fourth-order valence-electron chi connectivity index (χ4n) is 1.38. The van der Waals surface area contributed by atoms with Crippen LogP contribution in [0, 0.1) is 0 Å². The van der Waals surface area contributed by atoms with Crippen molar-refractivity contribution in [3.05, 3.63) is 52.3 Å². The van der Waals surface area contributed by atoms with Crippen LogP contribution in [0.5, 0.6) is 11.5 Å². The summed E-state index contributed by atoms with van der Waals surface area (Å²) in [4.78, 5) is 3.99. The predicted octanol–water partition coefficient (Wildman–Crippen LogP) is 3.64. The molecule has 0 fully saturated rings. The van der Waals surface area contributed by atoms with Gasteiger partial charge in [-0.1, -0.05) is 23.2 Å². The highest BCUT2D eigenvalue weighted by atomic mass is 35.5. The van der Waals surface area contributed by atoms with Gasteiger partial charge in [0, 0.05) is 28.4 Å². The van der Waals surface area contributed by atoms with Gasteiger partial charge < -0.3 is 10.5 Å². The third-order valence-corrected chi connectivity index (χ3v) is 2.59. The fraction of sp³-hybridized carbons (Fsp3) is 0.0833. The Labute approximate surface area is 109 Å². The third-order valence-electron chi connectivity index (χ3n) is 2.15. The van der Waals surface area contributed by atoms with Gasteiger partial charge in [0.2, 0.25) is 0 Å². The molecule has 0 aliphatic rings. The van der Waals surface area contributed by atoms with E-state index in [1.54, 1.807) is 30.6 Å². The molecule has 2 aromatic rings. The smallest absolute Gasteiger partial charge is 0.150 e. The number of aromatic nitrogens is 1. The first-order chi connectivity index (χ1) is 8.19. The molecule has 0 radical (unpaired) electrons. The van der Waals surface area contributed by atoms with Crippen LogP contribution in [0.4, 0.5) is 0 Å². The van der Waals surface area contributed by atoms with Crippen molar-refractivity contribution < 1.29 is 4.74 Å². The first-order valence-electron chi connectivity index (χ1n) is 4.96. The molecule has 0 atom stereocenters. The second-order valence-corrected chi connectivity index (χ2v) is 4.27. The minimum absolute atomic E-state index is 0.381. The van der Waals surface area contributed by atoms with Crippen molar-refractivity contribution in [2.75, 3.05) is 0 Å². The molecule has 0 unspecified atom stereocenters. The van der Waals surface area contributed by atoms with Crippen LogP contribution in [0.15, 0.2) is 36.7 Å². The molecule has 3 nitrogen and oxygen atoms in total. The Hall–Kier alpha value is -1.29. The molecule has 0 amide bonds. The van der Waals surface area contributed by atoms with Gasteiger partial charge in [-0.3, -0.25) is 4.98 Å². The van der Waals surface area contributed by atoms with Crippen LogP contribution in [0.1, 0.15) is 5.56 Å². The highest BCUT2D eigenvalue weighted by molar-refractivity contribution is 6.34. The molecule has 1 aromatic heterocycles. The fourth-order valence-corrected chi connectivity index (χ4v) is 1.89. The summed E-state index contributed by atoms with van der Waals surface area (Å²) in [6, 6.07) is 6.81. The zero-order valence-electron chi connectivity index (χ0n) is 8.86. The molecule has 0 saturated carbocycles. The van der Waals surface area contributed by atoms with Crippen LogP contribution < -0.4 is 10.5 Å². The maximum absolute atomic E-state index is 5.89. The number of hydrogen-bond acceptors (Lipinski definition) is 3. The lowest BCUT2D eigenvalue weighted by Crippen LogP contribution is -1.99. The van der Waals surface area contributed by atoms with E-state index in [2.05, 4.69) is 4.98 Å². The minimum atomic E-state index is 0.381. The monoisotopic (exact) mass is 268 g/mol. The van der Waals surface area contributed by atoms with E-state index in [9.17, 15) is 0 Å². The van der Waals surface area contributed by atoms with Gasteiger partial charge in [0.15, 0.2) is 0 Å². The molecule has 2 rings (SSSR count). The van der Waals surface area contributed by atoms with E-state index in [4.69, 9.17) is 33.7 Å². The number of rotatable bonds is 3. The molecule has 0 spiro atoms. The van der Waals surface area contributed by atoms with Crippen molar-refractivity contribution in [1.82, 2.24) is 4.98 Å². The van der Waals surface area contributed by atoms with Crippen molar-refractivity contribution in [3.63, 3.8) is 0 Å². The van der Waals surface area contributed by atoms with Crippen molar-refractivity contribution >= 4 is 23.2 Å². The zero-order valence-corrected chi connectivity index (χ0v) is 10.4. The normalized spacial score (nSPS) is 10.3. The molecular formula is C12H10Cl2N2O. The van der Waals surface area contributed by atoms with Crippen LogP contribution >= 0.6 is 23.2 Å². The van der Waals surface area contributed by atoms with E-state index < -0.39 is 0 Å².